The number of carbonyl (C=O) groups is 1. The van der Waals surface area contributed by atoms with Gasteiger partial charge in [-0.05, 0) is 44.0 Å². The van der Waals surface area contributed by atoms with Crippen LogP contribution >= 0.6 is 0 Å². The highest BCUT2D eigenvalue weighted by atomic mass is 16.2. The van der Waals surface area contributed by atoms with Crippen molar-refractivity contribution < 1.29 is 4.79 Å². The first kappa shape index (κ1) is 15.0. The van der Waals surface area contributed by atoms with E-state index in [9.17, 15) is 4.79 Å². The largest absolute Gasteiger partial charge is 0.341 e. The van der Waals surface area contributed by atoms with Crippen LogP contribution in [0.1, 0.15) is 30.1 Å². The molecule has 2 aromatic rings. The summed E-state index contributed by atoms with van der Waals surface area (Å²) in [5.74, 6) is 0.576. The Morgan fingerprint density at radius 3 is 3.18 bits per heavy atom. The van der Waals surface area contributed by atoms with E-state index in [0.717, 1.165) is 19.6 Å². The lowest BCUT2D eigenvalue weighted by molar-refractivity contribution is 0.0734. The maximum atomic E-state index is 12.7. The summed E-state index contributed by atoms with van der Waals surface area (Å²) >= 11 is 0. The van der Waals surface area contributed by atoms with Crippen molar-refractivity contribution in [1.29, 1.82) is 0 Å². The number of amides is 1. The fourth-order valence-corrected chi connectivity index (χ4v) is 3.28. The molecule has 0 spiro atoms. The zero-order chi connectivity index (χ0) is 15.5. The van der Waals surface area contributed by atoms with Crippen LogP contribution in [0.15, 0.2) is 24.7 Å². The van der Waals surface area contributed by atoms with Crippen molar-refractivity contribution in [2.45, 2.75) is 19.8 Å². The van der Waals surface area contributed by atoms with Gasteiger partial charge < -0.3 is 9.80 Å². The maximum Gasteiger partial charge on any atom is 0.257 e. The number of hydrogen-bond acceptors (Lipinski definition) is 4. The topological polar surface area (TPSA) is 53.7 Å². The Bertz CT molecular complexity index is 653. The summed E-state index contributed by atoms with van der Waals surface area (Å²) in [5, 5.41) is 7.93. The highest BCUT2D eigenvalue weighted by molar-refractivity contribution is 5.99. The van der Waals surface area contributed by atoms with Crippen molar-refractivity contribution in [2.24, 2.45) is 5.92 Å². The van der Waals surface area contributed by atoms with Crippen LogP contribution in [0.4, 0.5) is 0 Å². The lowest BCUT2D eigenvalue weighted by Gasteiger charge is -2.34. The van der Waals surface area contributed by atoms with Crippen LogP contribution in [0.25, 0.3) is 5.65 Å². The van der Waals surface area contributed by atoms with Gasteiger partial charge in [0.2, 0.25) is 0 Å². The zero-order valence-corrected chi connectivity index (χ0v) is 13.3. The quantitative estimate of drug-likeness (QED) is 0.859. The van der Waals surface area contributed by atoms with Gasteiger partial charge in [-0.3, -0.25) is 9.20 Å². The first-order chi connectivity index (χ1) is 10.7. The Morgan fingerprint density at radius 1 is 1.50 bits per heavy atom. The summed E-state index contributed by atoms with van der Waals surface area (Å²) < 4.78 is 1.78. The lowest BCUT2D eigenvalue weighted by atomic mass is 9.97. The van der Waals surface area contributed by atoms with Gasteiger partial charge in [-0.15, -0.1) is 10.2 Å². The van der Waals surface area contributed by atoms with Gasteiger partial charge in [0.05, 0.1) is 5.56 Å². The smallest absolute Gasteiger partial charge is 0.257 e. The summed E-state index contributed by atoms with van der Waals surface area (Å²) in [6, 6.07) is 3.68. The van der Waals surface area contributed by atoms with E-state index in [4.69, 9.17) is 0 Å². The molecule has 3 heterocycles. The van der Waals surface area contributed by atoms with Crippen molar-refractivity contribution >= 4 is 11.6 Å². The number of piperidine rings is 1. The summed E-state index contributed by atoms with van der Waals surface area (Å²) in [4.78, 5) is 17.0. The summed E-state index contributed by atoms with van der Waals surface area (Å²) in [6.07, 6.45) is 5.89. The van der Waals surface area contributed by atoms with Gasteiger partial charge in [-0.25, -0.2) is 0 Å². The normalized spacial score (nSPS) is 19.5. The molecular weight excluding hydrogens is 278 g/mol. The highest BCUT2D eigenvalue weighted by Gasteiger charge is 2.23. The third-order valence-corrected chi connectivity index (χ3v) is 4.48. The van der Waals surface area contributed by atoms with Crippen LogP contribution in [0, 0.1) is 5.92 Å². The number of nitrogens with zero attached hydrogens (tertiary/aromatic N) is 5. The first-order valence-electron chi connectivity index (χ1n) is 7.95. The average molecular weight is 301 g/mol. The van der Waals surface area contributed by atoms with Gasteiger partial charge in [0, 0.05) is 26.3 Å². The van der Waals surface area contributed by atoms with E-state index in [2.05, 4.69) is 22.0 Å². The van der Waals surface area contributed by atoms with E-state index < -0.39 is 0 Å². The molecule has 0 N–H and O–H groups in total. The minimum Gasteiger partial charge on any atom is -0.341 e. The van der Waals surface area contributed by atoms with E-state index in [-0.39, 0.29) is 5.91 Å². The molecule has 1 fully saturated rings. The Labute approximate surface area is 130 Å². The summed E-state index contributed by atoms with van der Waals surface area (Å²) in [5.41, 5.74) is 1.24. The molecule has 0 saturated carbocycles. The van der Waals surface area contributed by atoms with E-state index in [1.807, 2.05) is 30.3 Å². The second-order valence-corrected chi connectivity index (χ2v) is 6.07. The molecule has 1 aliphatic rings. The van der Waals surface area contributed by atoms with Crippen molar-refractivity contribution in [1.82, 2.24) is 24.4 Å². The summed E-state index contributed by atoms with van der Waals surface area (Å²) in [6.45, 7) is 6.36. The number of rotatable bonds is 4. The second-order valence-electron chi connectivity index (χ2n) is 6.07. The van der Waals surface area contributed by atoms with E-state index >= 15 is 0 Å². The van der Waals surface area contributed by atoms with Crippen LogP contribution in [0.3, 0.4) is 0 Å². The fraction of sp³-hybridized carbons (Fsp3) is 0.562. The zero-order valence-electron chi connectivity index (χ0n) is 13.3. The van der Waals surface area contributed by atoms with Crippen LogP contribution < -0.4 is 0 Å². The molecule has 1 amide bonds. The minimum atomic E-state index is 0.0206. The maximum absolute atomic E-state index is 12.7. The van der Waals surface area contributed by atoms with Crippen molar-refractivity contribution in [3.63, 3.8) is 0 Å². The molecule has 1 aliphatic heterocycles. The van der Waals surface area contributed by atoms with Gasteiger partial charge >= 0.3 is 0 Å². The van der Waals surface area contributed by atoms with Gasteiger partial charge in [-0.1, -0.05) is 6.92 Å². The predicted molar refractivity (Wildman–Crippen MR) is 84.8 cm³/mol. The average Bonchev–Trinajstić information content (AvgIpc) is 3.02. The number of pyridine rings is 1. The van der Waals surface area contributed by atoms with Crippen LogP contribution in [-0.4, -0.2) is 63.5 Å². The second kappa shape index (κ2) is 6.44. The molecule has 0 unspecified atom stereocenters. The Hall–Kier alpha value is -1.95. The van der Waals surface area contributed by atoms with Crippen molar-refractivity contribution in [3.8, 4) is 0 Å². The molecule has 1 atom stereocenters. The van der Waals surface area contributed by atoms with Gasteiger partial charge in [0.1, 0.15) is 6.33 Å². The molecule has 118 valence electrons. The third-order valence-electron chi connectivity index (χ3n) is 4.48. The number of aromatic nitrogens is 3. The molecule has 0 aromatic carbocycles. The third kappa shape index (κ3) is 2.97. The Morgan fingerprint density at radius 2 is 2.36 bits per heavy atom. The molecular formula is C16H23N5O. The van der Waals surface area contributed by atoms with E-state index in [1.54, 1.807) is 10.7 Å². The van der Waals surface area contributed by atoms with Crippen molar-refractivity contribution in [2.75, 3.05) is 33.2 Å². The lowest BCUT2D eigenvalue weighted by Crippen LogP contribution is -2.41. The minimum absolute atomic E-state index is 0.0206. The van der Waals surface area contributed by atoms with Crippen LogP contribution in [0.5, 0.6) is 0 Å². The Kier molecular flexibility index (Phi) is 4.38. The van der Waals surface area contributed by atoms with Crippen LogP contribution in [0.2, 0.25) is 0 Å². The number of likely N-dealkylation sites (tertiary alicyclic amines) is 1. The summed E-state index contributed by atoms with van der Waals surface area (Å²) in [7, 11) is 1.88. The van der Waals surface area contributed by atoms with Crippen molar-refractivity contribution in [3.05, 3.63) is 30.2 Å². The number of fused-ring (bicyclic) bond motifs is 1. The number of carbonyl (C=O) groups excluding carboxylic acids is 1. The molecule has 3 rings (SSSR count). The van der Waals surface area contributed by atoms with Gasteiger partial charge in [-0.2, -0.15) is 0 Å². The number of hydrogen-bond donors (Lipinski definition) is 0. The van der Waals surface area contributed by atoms with Gasteiger partial charge in [0.25, 0.3) is 5.91 Å². The van der Waals surface area contributed by atoms with E-state index in [0.29, 0.717) is 17.1 Å². The molecule has 2 aromatic heterocycles. The highest BCUT2D eigenvalue weighted by Crippen LogP contribution is 2.18. The molecule has 0 radical (unpaired) electrons. The molecule has 6 nitrogen and oxygen atoms in total. The van der Waals surface area contributed by atoms with Gasteiger partial charge in [0.15, 0.2) is 5.65 Å². The molecule has 0 aliphatic carbocycles. The van der Waals surface area contributed by atoms with Crippen LogP contribution in [-0.2, 0) is 0 Å². The fourth-order valence-electron chi connectivity index (χ4n) is 3.28. The Balaban J connectivity index is 1.70. The SMILES string of the molecule is CCN1CCC[C@@H](CN(C)C(=O)c2cccn3cnnc23)C1. The molecule has 22 heavy (non-hydrogen) atoms. The standard InChI is InChI=1S/C16H23N5O/c1-3-20-8-4-6-13(11-20)10-19(2)16(22)14-7-5-9-21-12-17-18-15(14)21/h5,7,9,12-13H,3-4,6,8,10-11H2,1-2H3/t13-/m0/s1. The molecule has 0 bridgehead atoms. The molecule has 1 saturated heterocycles. The first-order valence-corrected chi connectivity index (χ1v) is 7.95. The predicted octanol–water partition coefficient (Wildman–Crippen LogP) is 1.53. The van der Waals surface area contributed by atoms with E-state index in [1.165, 1.54) is 19.4 Å². The monoisotopic (exact) mass is 301 g/mol. The molecule has 6 heteroatoms.